The van der Waals surface area contributed by atoms with Crippen LogP contribution in [0.15, 0.2) is 38.9 Å². The van der Waals surface area contributed by atoms with Crippen LogP contribution in [0.2, 0.25) is 0 Å². The van der Waals surface area contributed by atoms with Gasteiger partial charge in [-0.15, -0.1) is 0 Å². The van der Waals surface area contributed by atoms with Crippen LogP contribution >= 0.6 is 11.8 Å². The number of anilines is 2. The molecular weight excluding hydrogens is 464 g/mol. The van der Waals surface area contributed by atoms with Crippen LogP contribution in [0.25, 0.3) is 11.0 Å². The number of aromatic nitrogens is 4. The number of thioether (sulfide) groups is 1. The number of amides is 1. The van der Waals surface area contributed by atoms with E-state index >= 15 is 0 Å². The molecule has 1 aliphatic rings. The van der Waals surface area contributed by atoms with Gasteiger partial charge in [0.05, 0.1) is 5.75 Å². The van der Waals surface area contributed by atoms with Gasteiger partial charge < -0.3 is 10.2 Å². The van der Waals surface area contributed by atoms with Crippen molar-refractivity contribution in [2.24, 2.45) is 14.1 Å². The summed E-state index contributed by atoms with van der Waals surface area (Å²) in [5, 5.41) is 3.56. The molecule has 0 bridgehead atoms. The largest absolute Gasteiger partial charge is 0.372 e. The summed E-state index contributed by atoms with van der Waals surface area (Å²) in [4.78, 5) is 49.7. The molecule has 2 aromatic heterocycles. The lowest BCUT2D eigenvalue weighted by Crippen LogP contribution is -2.38. The summed E-state index contributed by atoms with van der Waals surface area (Å²) in [6.45, 7) is 8.01. The lowest BCUT2D eigenvalue weighted by atomic mass is 9.96. The summed E-state index contributed by atoms with van der Waals surface area (Å²) in [7, 11) is 3.01. The molecule has 1 N–H and O–H groups in total. The number of benzene rings is 1. The molecule has 0 atom stereocenters. The van der Waals surface area contributed by atoms with Crippen LogP contribution in [0.5, 0.6) is 0 Å². The Kier molecular flexibility index (Phi) is 7.02. The number of aryl methyl sites for hydroxylation is 1. The predicted molar refractivity (Wildman–Crippen MR) is 141 cm³/mol. The molecule has 9 nitrogen and oxygen atoms in total. The van der Waals surface area contributed by atoms with E-state index in [2.05, 4.69) is 20.2 Å². The highest BCUT2D eigenvalue weighted by Gasteiger charge is 2.24. The fourth-order valence-corrected chi connectivity index (χ4v) is 4.92. The summed E-state index contributed by atoms with van der Waals surface area (Å²) in [5.74, 6) is 0.367. The first-order valence-electron chi connectivity index (χ1n) is 11.8. The highest BCUT2D eigenvalue weighted by Crippen LogP contribution is 2.27. The molecule has 0 unspecified atom stereocenters. The number of nitrogens with zero attached hydrogens (tertiary/aromatic N) is 5. The van der Waals surface area contributed by atoms with Crippen LogP contribution in [0.4, 0.5) is 11.4 Å². The SMILES string of the molecule is Cn1c(=O)c2c(SCC(=O)Nc3ccc(N4CCCCC4)cc3)nc(C(C)(C)C)nc2n(C)c1=O. The molecular formula is C25H32N6O3S. The molecule has 10 heteroatoms. The molecule has 0 spiro atoms. The Labute approximate surface area is 208 Å². The van der Waals surface area contributed by atoms with Gasteiger partial charge in [-0.1, -0.05) is 32.5 Å². The van der Waals surface area contributed by atoms with E-state index in [1.165, 1.54) is 48.3 Å². The van der Waals surface area contributed by atoms with Crippen LogP contribution in [-0.2, 0) is 24.3 Å². The Morgan fingerprint density at radius 3 is 2.29 bits per heavy atom. The number of hydrogen-bond donors (Lipinski definition) is 1. The standard InChI is InChI=1S/C25H32N6O3S/c1-25(2,3)23-27-20-19(22(33)30(5)24(34)29(20)4)21(28-23)35-15-18(32)26-16-9-11-17(12-10-16)31-13-7-6-8-14-31/h9-12H,6-8,13-15H2,1-5H3,(H,26,32). The van der Waals surface area contributed by atoms with E-state index in [-0.39, 0.29) is 22.7 Å². The summed E-state index contributed by atoms with van der Waals surface area (Å²) in [6, 6.07) is 7.89. The fraction of sp³-hybridized carbons (Fsp3) is 0.480. The molecule has 3 heterocycles. The van der Waals surface area contributed by atoms with Crippen molar-refractivity contribution < 1.29 is 4.79 Å². The molecule has 0 radical (unpaired) electrons. The molecule has 35 heavy (non-hydrogen) atoms. The fourth-order valence-electron chi connectivity index (χ4n) is 4.11. The average Bonchev–Trinajstić information content (AvgIpc) is 2.84. The van der Waals surface area contributed by atoms with Gasteiger partial charge in [-0.05, 0) is 43.5 Å². The topological polar surface area (TPSA) is 102 Å². The molecule has 1 fully saturated rings. The zero-order valence-corrected chi connectivity index (χ0v) is 21.7. The molecule has 0 saturated carbocycles. The van der Waals surface area contributed by atoms with Gasteiger partial charge in [-0.25, -0.2) is 14.8 Å². The van der Waals surface area contributed by atoms with Gasteiger partial charge in [-0.3, -0.25) is 18.7 Å². The van der Waals surface area contributed by atoms with Crippen LogP contribution in [0.1, 0.15) is 45.9 Å². The number of hydrogen-bond acceptors (Lipinski definition) is 7. The first kappa shape index (κ1) is 25.0. The third kappa shape index (κ3) is 5.27. The van der Waals surface area contributed by atoms with Gasteiger partial charge in [0.2, 0.25) is 5.91 Å². The Morgan fingerprint density at radius 1 is 1.00 bits per heavy atom. The second-order valence-electron chi connectivity index (χ2n) is 9.94. The number of fused-ring (bicyclic) bond motifs is 1. The van der Waals surface area contributed by atoms with Gasteiger partial charge >= 0.3 is 5.69 Å². The van der Waals surface area contributed by atoms with Crippen molar-refractivity contribution in [2.45, 2.75) is 50.5 Å². The van der Waals surface area contributed by atoms with Gasteiger partial charge in [0.15, 0.2) is 5.65 Å². The van der Waals surface area contributed by atoms with Crippen molar-refractivity contribution in [3.8, 4) is 0 Å². The van der Waals surface area contributed by atoms with Gasteiger partial charge in [0.25, 0.3) is 5.56 Å². The van der Waals surface area contributed by atoms with Crippen molar-refractivity contribution in [3.63, 3.8) is 0 Å². The Balaban J connectivity index is 1.56. The molecule has 1 aromatic carbocycles. The zero-order chi connectivity index (χ0) is 25.3. The molecule has 1 aliphatic heterocycles. The first-order valence-corrected chi connectivity index (χ1v) is 12.8. The summed E-state index contributed by atoms with van der Waals surface area (Å²) in [5.41, 5.74) is 0.828. The van der Waals surface area contributed by atoms with Crippen LogP contribution in [0.3, 0.4) is 0 Å². The van der Waals surface area contributed by atoms with Crippen LogP contribution in [0, 0.1) is 0 Å². The maximum Gasteiger partial charge on any atom is 0.332 e. The van der Waals surface area contributed by atoms with E-state index in [1.807, 2.05) is 45.0 Å². The highest BCUT2D eigenvalue weighted by molar-refractivity contribution is 8.00. The van der Waals surface area contributed by atoms with Crippen molar-refractivity contribution in [1.82, 2.24) is 19.1 Å². The minimum absolute atomic E-state index is 0.0650. The maximum atomic E-state index is 12.9. The third-order valence-electron chi connectivity index (χ3n) is 6.15. The Hall–Kier alpha value is -3.14. The lowest BCUT2D eigenvalue weighted by Gasteiger charge is -2.28. The quantitative estimate of drug-likeness (QED) is 0.428. The van der Waals surface area contributed by atoms with Crippen LogP contribution < -0.4 is 21.5 Å². The van der Waals surface area contributed by atoms with Gasteiger partial charge in [0, 0.05) is 44.0 Å². The van der Waals surface area contributed by atoms with Gasteiger partial charge in [-0.2, -0.15) is 0 Å². The van der Waals surface area contributed by atoms with E-state index in [1.54, 1.807) is 7.05 Å². The molecule has 1 saturated heterocycles. The number of carbonyl (C=O) groups excluding carboxylic acids is 1. The minimum atomic E-state index is -0.472. The second kappa shape index (κ2) is 9.85. The highest BCUT2D eigenvalue weighted by atomic mass is 32.2. The number of nitrogens with one attached hydrogen (secondary N) is 1. The first-order chi connectivity index (χ1) is 16.6. The number of rotatable bonds is 5. The smallest absolute Gasteiger partial charge is 0.332 e. The normalized spacial score (nSPS) is 14.4. The molecule has 4 rings (SSSR count). The summed E-state index contributed by atoms with van der Waals surface area (Å²) < 4.78 is 2.39. The van der Waals surface area contributed by atoms with Crippen molar-refractivity contribution in [1.29, 1.82) is 0 Å². The Bertz CT molecular complexity index is 1370. The minimum Gasteiger partial charge on any atom is -0.372 e. The lowest BCUT2D eigenvalue weighted by molar-refractivity contribution is -0.113. The van der Waals surface area contributed by atoms with Crippen molar-refractivity contribution >= 4 is 40.1 Å². The summed E-state index contributed by atoms with van der Waals surface area (Å²) in [6.07, 6.45) is 3.70. The van der Waals surface area contributed by atoms with Crippen LogP contribution in [-0.4, -0.2) is 43.9 Å². The van der Waals surface area contributed by atoms with Crippen molar-refractivity contribution in [3.05, 3.63) is 50.9 Å². The van der Waals surface area contributed by atoms with Crippen molar-refractivity contribution in [2.75, 3.05) is 29.1 Å². The van der Waals surface area contributed by atoms with E-state index in [4.69, 9.17) is 0 Å². The third-order valence-corrected chi connectivity index (χ3v) is 7.13. The summed E-state index contributed by atoms with van der Waals surface area (Å²) >= 11 is 1.17. The number of piperidine rings is 1. The predicted octanol–water partition coefficient (Wildman–Crippen LogP) is 3.05. The molecule has 0 aliphatic carbocycles. The maximum absolute atomic E-state index is 12.9. The second-order valence-corrected chi connectivity index (χ2v) is 10.9. The van der Waals surface area contributed by atoms with Gasteiger partial charge in [0.1, 0.15) is 16.2 Å². The van der Waals surface area contributed by atoms with E-state index < -0.39 is 16.7 Å². The molecule has 186 valence electrons. The van der Waals surface area contributed by atoms with E-state index in [0.29, 0.717) is 10.9 Å². The zero-order valence-electron chi connectivity index (χ0n) is 20.9. The van der Waals surface area contributed by atoms with E-state index in [9.17, 15) is 14.4 Å². The van der Waals surface area contributed by atoms with E-state index in [0.717, 1.165) is 23.3 Å². The number of carbonyl (C=O) groups is 1. The average molecular weight is 497 g/mol. The monoisotopic (exact) mass is 496 g/mol. The Morgan fingerprint density at radius 2 is 1.66 bits per heavy atom. The molecule has 1 amide bonds. The molecule has 3 aromatic rings.